The molecular weight excluding hydrogens is 288 g/mol. The Morgan fingerprint density at radius 2 is 1.78 bits per heavy atom. The fraction of sp³-hybridized carbons (Fsp3) is 0. The minimum absolute atomic E-state index is 0.181. The Bertz CT molecular complexity index is 993. The number of allylic oxidation sites excluding steroid dienone is 1. The van der Waals surface area contributed by atoms with E-state index in [-0.39, 0.29) is 5.56 Å². The van der Waals surface area contributed by atoms with Crippen molar-refractivity contribution in [3.63, 3.8) is 0 Å². The highest BCUT2D eigenvalue weighted by Crippen LogP contribution is 2.32. The number of aliphatic imine (C=N–C) groups is 1. The minimum Gasteiger partial charge on any atom is -0.383 e. The molecule has 5 heteroatoms. The second-order valence-corrected chi connectivity index (χ2v) is 5.29. The number of hydrogen-bond donors (Lipinski definition) is 2. The number of nitrogens with one attached hydrogen (secondary N) is 1. The maximum absolute atomic E-state index is 12.7. The molecule has 0 saturated carbocycles. The van der Waals surface area contributed by atoms with Gasteiger partial charge < -0.3 is 5.73 Å². The maximum atomic E-state index is 12.7. The number of nitrogens with two attached hydrogens (primary N) is 1. The summed E-state index contributed by atoms with van der Waals surface area (Å²) in [6.45, 7) is 0. The first-order valence-corrected chi connectivity index (χ1v) is 7.25. The normalized spacial score (nSPS) is 14.3. The molecule has 23 heavy (non-hydrogen) atoms. The summed E-state index contributed by atoms with van der Waals surface area (Å²) in [5.41, 5.74) is 9.79. The SMILES string of the molecule is Nc1[nH]n(-c2ccccc2)c(=O)c1C=C1C=Nc2ccccc21. The molecule has 0 bridgehead atoms. The summed E-state index contributed by atoms with van der Waals surface area (Å²) in [5.74, 6) is 0.337. The van der Waals surface area contributed by atoms with E-state index in [2.05, 4.69) is 10.1 Å². The lowest BCUT2D eigenvalue weighted by Gasteiger charge is -1.99. The van der Waals surface area contributed by atoms with Gasteiger partial charge in [0.05, 0.1) is 16.9 Å². The summed E-state index contributed by atoms with van der Waals surface area (Å²) in [5, 5.41) is 2.92. The number of fused-ring (bicyclic) bond motifs is 1. The Hall–Kier alpha value is -3.34. The fourth-order valence-corrected chi connectivity index (χ4v) is 2.67. The van der Waals surface area contributed by atoms with Gasteiger partial charge in [-0.2, -0.15) is 0 Å². The van der Waals surface area contributed by atoms with E-state index in [1.165, 1.54) is 4.68 Å². The van der Waals surface area contributed by atoms with E-state index in [4.69, 9.17) is 5.73 Å². The lowest BCUT2D eigenvalue weighted by Crippen LogP contribution is -2.15. The quantitative estimate of drug-likeness (QED) is 0.763. The van der Waals surface area contributed by atoms with Crippen LogP contribution >= 0.6 is 0 Å². The van der Waals surface area contributed by atoms with Crippen molar-refractivity contribution in [1.29, 1.82) is 0 Å². The summed E-state index contributed by atoms with van der Waals surface area (Å²) in [7, 11) is 0. The van der Waals surface area contributed by atoms with Crippen molar-refractivity contribution in [2.75, 3.05) is 5.73 Å². The summed E-state index contributed by atoms with van der Waals surface area (Å²) >= 11 is 0. The molecule has 5 nitrogen and oxygen atoms in total. The van der Waals surface area contributed by atoms with Crippen molar-refractivity contribution in [2.45, 2.75) is 0 Å². The van der Waals surface area contributed by atoms with Crippen molar-refractivity contribution in [3.8, 4) is 5.69 Å². The van der Waals surface area contributed by atoms with Crippen LogP contribution < -0.4 is 11.3 Å². The van der Waals surface area contributed by atoms with Crippen molar-refractivity contribution in [1.82, 2.24) is 9.78 Å². The number of aromatic nitrogens is 2. The van der Waals surface area contributed by atoms with E-state index in [1.54, 1.807) is 12.3 Å². The van der Waals surface area contributed by atoms with Gasteiger partial charge in [0.15, 0.2) is 0 Å². The van der Waals surface area contributed by atoms with Gasteiger partial charge in [-0.1, -0.05) is 36.4 Å². The molecule has 2 heterocycles. The van der Waals surface area contributed by atoms with Crippen LogP contribution in [0.1, 0.15) is 11.1 Å². The van der Waals surface area contributed by atoms with Gasteiger partial charge >= 0.3 is 0 Å². The van der Waals surface area contributed by atoms with E-state index in [1.807, 2.05) is 54.6 Å². The molecule has 2 aromatic carbocycles. The van der Waals surface area contributed by atoms with Crippen LogP contribution in [0.3, 0.4) is 0 Å². The molecule has 4 rings (SSSR count). The van der Waals surface area contributed by atoms with Crippen LogP contribution in [0, 0.1) is 0 Å². The molecule has 0 atom stereocenters. The third kappa shape index (κ3) is 2.19. The Balaban J connectivity index is 1.83. The van der Waals surface area contributed by atoms with Crippen molar-refractivity contribution in [2.24, 2.45) is 4.99 Å². The standard InChI is InChI=1S/C18H14N4O/c19-17-15(10-12-11-20-16-9-5-4-8-14(12)16)18(23)22(21-17)13-6-2-1-3-7-13/h1-11,21H,19H2. The molecule has 3 N–H and O–H groups in total. The van der Waals surface area contributed by atoms with Crippen LogP contribution in [0.2, 0.25) is 0 Å². The van der Waals surface area contributed by atoms with Crippen molar-refractivity contribution >= 4 is 29.4 Å². The van der Waals surface area contributed by atoms with E-state index in [0.29, 0.717) is 11.4 Å². The van der Waals surface area contributed by atoms with Crippen LogP contribution in [0.5, 0.6) is 0 Å². The number of rotatable bonds is 2. The third-order valence-corrected chi connectivity index (χ3v) is 3.83. The lowest BCUT2D eigenvalue weighted by atomic mass is 10.1. The van der Waals surface area contributed by atoms with Gasteiger partial charge in [-0.25, -0.2) is 4.68 Å². The predicted octanol–water partition coefficient (Wildman–Crippen LogP) is 3.00. The zero-order valence-corrected chi connectivity index (χ0v) is 12.2. The van der Waals surface area contributed by atoms with Crippen LogP contribution in [-0.2, 0) is 0 Å². The smallest absolute Gasteiger partial charge is 0.280 e. The Morgan fingerprint density at radius 1 is 1.04 bits per heavy atom. The number of nitrogens with zero attached hydrogens (tertiary/aromatic N) is 2. The van der Waals surface area contributed by atoms with Gasteiger partial charge in [0.25, 0.3) is 5.56 Å². The molecule has 112 valence electrons. The molecule has 1 aliphatic rings. The third-order valence-electron chi connectivity index (χ3n) is 3.83. The van der Waals surface area contributed by atoms with E-state index < -0.39 is 0 Å². The number of nitrogen functional groups attached to an aromatic ring is 1. The molecule has 0 saturated heterocycles. The molecule has 1 aromatic heterocycles. The molecular formula is C18H14N4O. The zero-order chi connectivity index (χ0) is 15.8. The average molecular weight is 302 g/mol. The number of benzene rings is 2. The Labute approximate surface area is 132 Å². The first-order chi connectivity index (χ1) is 11.2. The number of anilines is 1. The van der Waals surface area contributed by atoms with Gasteiger partial charge in [0, 0.05) is 17.4 Å². The summed E-state index contributed by atoms with van der Waals surface area (Å²) < 4.78 is 1.44. The number of hydrogen-bond acceptors (Lipinski definition) is 3. The summed E-state index contributed by atoms with van der Waals surface area (Å²) in [4.78, 5) is 17.0. The van der Waals surface area contributed by atoms with E-state index in [9.17, 15) is 4.79 Å². The fourth-order valence-electron chi connectivity index (χ4n) is 2.67. The number of H-pyrrole nitrogens is 1. The zero-order valence-electron chi connectivity index (χ0n) is 12.2. The van der Waals surface area contributed by atoms with Gasteiger partial charge in [0.1, 0.15) is 5.82 Å². The minimum atomic E-state index is -0.181. The van der Waals surface area contributed by atoms with Gasteiger partial charge in [0.2, 0.25) is 0 Å². The number of para-hydroxylation sites is 2. The number of aromatic amines is 1. The monoisotopic (exact) mass is 302 g/mol. The molecule has 1 aliphatic heterocycles. The first kappa shape index (κ1) is 13.3. The van der Waals surface area contributed by atoms with Crippen LogP contribution in [0.15, 0.2) is 64.4 Å². The highest BCUT2D eigenvalue weighted by Gasteiger charge is 2.15. The Kier molecular flexibility index (Phi) is 2.98. The summed E-state index contributed by atoms with van der Waals surface area (Å²) in [6.07, 6.45) is 3.53. The largest absolute Gasteiger partial charge is 0.383 e. The lowest BCUT2D eigenvalue weighted by molar-refractivity contribution is 0.853. The van der Waals surface area contributed by atoms with Crippen LogP contribution in [0.25, 0.3) is 17.3 Å². The molecule has 0 spiro atoms. The van der Waals surface area contributed by atoms with E-state index in [0.717, 1.165) is 22.5 Å². The maximum Gasteiger partial charge on any atom is 0.280 e. The topological polar surface area (TPSA) is 76.2 Å². The van der Waals surface area contributed by atoms with Crippen molar-refractivity contribution < 1.29 is 0 Å². The van der Waals surface area contributed by atoms with Gasteiger partial charge in [-0.05, 0) is 24.3 Å². The van der Waals surface area contributed by atoms with Crippen LogP contribution in [-0.4, -0.2) is 16.0 Å². The molecule has 0 unspecified atom stereocenters. The van der Waals surface area contributed by atoms with Crippen LogP contribution in [0.4, 0.5) is 11.5 Å². The molecule has 0 fully saturated rings. The molecule has 3 aromatic rings. The molecule has 0 radical (unpaired) electrons. The van der Waals surface area contributed by atoms with Gasteiger partial charge in [-0.15, -0.1) is 0 Å². The second-order valence-electron chi connectivity index (χ2n) is 5.29. The molecule has 0 amide bonds. The van der Waals surface area contributed by atoms with Crippen molar-refractivity contribution in [3.05, 3.63) is 76.1 Å². The van der Waals surface area contributed by atoms with E-state index >= 15 is 0 Å². The first-order valence-electron chi connectivity index (χ1n) is 7.25. The highest BCUT2D eigenvalue weighted by atomic mass is 16.1. The highest BCUT2D eigenvalue weighted by molar-refractivity contribution is 6.21. The molecule has 0 aliphatic carbocycles. The second kappa shape index (κ2) is 5.14. The predicted molar refractivity (Wildman–Crippen MR) is 93.3 cm³/mol. The summed E-state index contributed by atoms with van der Waals surface area (Å²) in [6, 6.07) is 17.1. The van der Waals surface area contributed by atoms with Gasteiger partial charge in [-0.3, -0.25) is 14.9 Å². The average Bonchev–Trinajstić information content (AvgIpc) is 3.12. The Morgan fingerprint density at radius 3 is 2.61 bits per heavy atom.